The number of nitrogens with one attached hydrogen (secondary N) is 1. The Bertz CT molecular complexity index is 570. The van der Waals surface area contributed by atoms with Crippen molar-refractivity contribution in [1.29, 1.82) is 0 Å². The van der Waals surface area contributed by atoms with Crippen molar-refractivity contribution >= 4 is 39.8 Å². The minimum atomic E-state index is 0. The van der Waals surface area contributed by atoms with E-state index in [0.717, 1.165) is 5.33 Å². The van der Waals surface area contributed by atoms with E-state index in [1.807, 2.05) is 6.07 Å². The van der Waals surface area contributed by atoms with Crippen molar-refractivity contribution in [1.82, 2.24) is 20.6 Å². The summed E-state index contributed by atoms with van der Waals surface area (Å²) in [6.07, 6.45) is 1.33. The Kier molecular flexibility index (Phi) is 8.13. The summed E-state index contributed by atoms with van der Waals surface area (Å²) in [5.74, 6) is 0. The first kappa shape index (κ1) is 16.8. The summed E-state index contributed by atoms with van der Waals surface area (Å²) >= 11 is 3.51. The van der Waals surface area contributed by atoms with E-state index < -0.39 is 0 Å². The summed E-state index contributed by atoms with van der Waals surface area (Å²) in [4.78, 5) is 0. The second-order valence-electron chi connectivity index (χ2n) is 3.72. The topological polar surface area (TPSA) is 54.5 Å². The van der Waals surface area contributed by atoms with Crippen molar-refractivity contribution in [3.63, 3.8) is 0 Å². The third kappa shape index (κ3) is 5.05. The monoisotopic (exact) mass is 436 g/mol. The Morgan fingerprint density at radius 3 is 2.20 bits per heavy atom. The number of nitrogens with zero attached hydrogens (tertiary/aromatic N) is 3. The number of alkyl halides is 1. The smallest absolute Gasteiger partial charge is 0.161 e. The Morgan fingerprint density at radius 2 is 1.65 bits per heavy atom. The molecule has 4 radical (unpaired) electrons. The standard InChI is InChI=1S/C13H11Br.CH2N4.Sn/c14-10-12-8-4-5-9-13(12)11-6-2-1-3-7-11;1-2-4-5-3-1;/h1-9H,10H2;1H,(H,2,3,4,5);. The minimum absolute atomic E-state index is 0. The number of aromatic amines is 1. The van der Waals surface area contributed by atoms with E-state index in [1.54, 1.807) is 0 Å². The zero-order chi connectivity index (χ0) is 13.3. The van der Waals surface area contributed by atoms with E-state index in [2.05, 4.69) is 85.1 Å². The Balaban J connectivity index is 0.000000283. The number of rotatable bonds is 2. The van der Waals surface area contributed by atoms with Crippen LogP contribution < -0.4 is 0 Å². The number of hydrogen-bond acceptors (Lipinski definition) is 3. The molecular weight excluding hydrogens is 423 g/mol. The van der Waals surface area contributed by atoms with Crippen molar-refractivity contribution in [3.05, 3.63) is 66.5 Å². The van der Waals surface area contributed by atoms with Crippen LogP contribution in [0.3, 0.4) is 0 Å². The van der Waals surface area contributed by atoms with Gasteiger partial charge in [-0.1, -0.05) is 75.7 Å². The molecule has 0 aliphatic rings. The number of tetrazole rings is 1. The molecule has 100 valence electrons. The van der Waals surface area contributed by atoms with Gasteiger partial charge in [-0.15, -0.1) is 10.2 Å². The number of benzene rings is 2. The normalized spacial score (nSPS) is 9.05. The summed E-state index contributed by atoms with van der Waals surface area (Å²) in [6.45, 7) is 0. The summed E-state index contributed by atoms with van der Waals surface area (Å²) < 4.78 is 0. The zero-order valence-electron chi connectivity index (χ0n) is 10.7. The zero-order valence-corrected chi connectivity index (χ0v) is 15.1. The second-order valence-corrected chi connectivity index (χ2v) is 4.28. The maximum absolute atomic E-state index is 3.51. The summed E-state index contributed by atoms with van der Waals surface area (Å²) in [7, 11) is 0. The van der Waals surface area contributed by atoms with Crippen molar-refractivity contribution in [2.24, 2.45) is 0 Å². The van der Waals surface area contributed by atoms with Crippen molar-refractivity contribution < 1.29 is 0 Å². The molecule has 0 spiro atoms. The molecule has 0 saturated heterocycles. The first-order valence-corrected chi connectivity index (χ1v) is 6.89. The molecule has 3 rings (SSSR count). The molecule has 0 atom stereocenters. The van der Waals surface area contributed by atoms with Gasteiger partial charge in [0.15, 0.2) is 6.33 Å². The number of hydrogen-bond donors (Lipinski definition) is 1. The summed E-state index contributed by atoms with van der Waals surface area (Å²) in [6, 6.07) is 18.9. The van der Waals surface area contributed by atoms with Crippen LogP contribution in [0.4, 0.5) is 0 Å². The predicted octanol–water partition coefficient (Wildman–Crippen LogP) is 3.07. The third-order valence-electron chi connectivity index (χ3n) is 2.52. The average Bonchev–Trinajstić information content (AvgIpc) is 3.08. The van der Waals surface area contributed by atoms with Gasteiger partial charge in [0.1, 0.15) is 0 Å². The van der Waals surface area contributed by atoms with Crippen LogP contribution in [0.1, 0.15) is 5.56 Å². The van der Waals surface area contributed by atoms with Gasteiger partial charge in [0.05, 0.1) is 0 Å². The second kappa shape index (κ2) is 9.65. The molecule has 1 heterocycles. The predicted molar refractivity (Wildman–Crippen MR) is 84.4 cm³/mol. The molecule has 0 bridgehead atoms. The Labute approximate surface area is 143 Å². The van der Waals surface area contributed by atoms with Gasteiger partial charge < -0.3 is 0 Å². The van der Waals surface area contributed by atoms with Gasteiger partial charge in [-0.25, -0.2) is 0 Å². The molecule has 0 aliphatic heterocycles. The molecule has 0 saturated carbocycles. The van der Waals surface area contributed by atoms with Crippen LogP contribution in [-0.2, 0) is 5.33 Å². The van der Waals surface area contributed by atoms with E-state index in [4.69, 9.17) is 0 Å². The molecule has 0 amide bonds. The van der Waals surface area contributed by atoms with E-state index in [0.29, 0.717) is 0 Å². The van der Waals surface area contributed by atoms with E-state index in [-0.39, 0.29) is 23.9 Å². The van der Waals surface area contributed by atoms with Gasteiger partial charge in [0.2, 0.25) is 0 Å². The van der Waals surface area contributed by atoms with Gasteiger partial charge in [-0.05, 0) is 16.7 Å². The van der Waals surface area contributed by atoms with Gasteiger partial charge in [0, 0.05) is 29.2 Å². The van der Waals surface area contributed by atoms with Crippen LogP contribution in [0.5, 0.6) is 0 Å². The minimum Gasteiger partial charge on any atom is -0.177 e. The molecule has 0 fully saturated rings. The third-order valence-corrected chi connectivity index (χ3v) is 3.12. The van der Waals surface area contributed by atoms with Crippen LogP contribution in [0.25, 0.3) is 11.1 Å². The maximum Gasteiger partial charge on any atom is 0.161 e. The van der Waals surface area contributed by atoms with Gasteiger partial charge in [0.25, 0.3) is 0 Å². The fourth-order valence-electron chi connectivity index (χ4n) is 1.67. The molecule has 6 heteroatoms. The average molecular weight is 436 g/mol. The number of aromatic nitrogens is 4. The van der Waals surface area contributed by atoms with E-state index in [1.165, 1.54) is 23.0 Å². The number of halogens is 1. The van der Waals surface area contributed by atoms with Gasteiger partial charge >= 0.3 is 0 Å². The molecule has 20 heavy (non-hydrogen) atoms. The van der Waals surface area contributed by atoms with Crippen LogP contribution in [0, 0.1) is 0 Å². The maximum atomic E-state index is 3.51. The molecular formula is C14H13BrN4Sn. The Hall–Kier alpha value is -1.21. The van der Waals surface area contributed by atoms with Crippen LogP contribution in [0.2, 0.25) is 0 Å². The molecule has 1 aromatic heterocycles. The quantitative estimate of drug-likeness (QED) is 0.497. The van der Waals surface area contributed by atoms with Crippen LogP contribution in [-0.4, -0.2) is 44.5 Å². The van der Waals surface area contributed by atoms with Crippen molar-refractivity contribution in [3.8, 4) is 11.1 Å². The van der Waals surface area contributed by atoms with Gasteiger partial charge in [-0.3, -0.25) is 0 Å². The fourth-order valence-corrected chi connectivity index (χ4v) is 2.15. The molecule has 3 aromatic rings. The molecule has 1 N–H and O–H groups in total. The number of H-pyrrole nitrogens is 1. The van der Waals surface area contributed by atoms with Crippen LogP contribution in [0.15, 0.2) is 60.9 Å². The molecule has 0 aliphatic carbocycles. The first-order chi connectivity index (χ1) is 9.42. The largest absolute Gasteiger partial charge is 0.177 e. The molecule has 0 unspecified atom stereocenters. The molecule has 2 aromatic carbocycles. The van der Waals surface area contributed by atoms with Crippen molar-refractivity contribution in [2.45, 2.75) is 5.33 Å². The summed E-state index contributed by atoms with van der Waals surface area (Å²) in [5, 5.41) is 13.1. The van der Waals surface area contributed by atoms with Crippen LogP contribution >= 0.6 is 15.9 Å². The van der Waals surface area contributed by atoms with E-state index in [9.17, 15) is 0 Å². The van der Waals surface area contributed by atoms with E-state index >= 15 is 0 Å². The van der Waals surface area contributed by atoms with Crippen molar-refractivity contribution in [2.75, 3.05) is 0 Å². The summed E-state index contributed by atoms with van der Waals surface area (Å²) in [5.41, 5.74) is 3.92. The fraction of sp³-hybridized carbons (Fsp3) is 0.0714. The SMILES string of the molecule is BrCc1ccccc1-c1ccccc1.[Sn].c1nn[nH]n1. The first-order valence-electron chi connectivity index (χ1n) is 5.77. The Morgan fingerprint density at radius 1 is 0.950 bits per heavy atom. The molecule has 4 nitrogen and oxygen atoms in total. The van der Waals surface area contributed by atoms with Gasteiger partial charge in [-0.2, -0.15) is 5.21 Å².